The van der Waals surface area contributed by atoms with Crippen LogP contribution in [0.4, 0.5) is 4.79 Å². The molecule has 1 aliphatic heterocycles. The summed E-state index contributed by atoms with van der Waals surface area (Å²) >= 11 is 0. The molecule has 116 valence electrons. The fourth-order valence-electron chi connectivity index (χ4n) is 2.36. The van der Waals surface area contributed by atoms with E-state index in [9.17, 15) is 9.59 Å². The molecule has 2 N–H and O–H groups in total. The molecule has 1 atom stereocenters. The van der Waals surface area contributed by atoms with E-state index in [1.807, 2.05) is 13.8 Å². The molecule has 0 aliphatic carbocycles. The van der Waals surface area contributed by atoms with E-state index in [-0.39, 0.29) is 24.6 Å². The van der Waals surface area contributed by atoms with Crippen LogP contribution in [-0.2, 0) is 9.53 Å². The molecule has 0 aromatic carbocycles. The molecule has 1 heterocycles. The highest BCUT2D eigenvalue weighted by Gasteiger charge is 2.29. The summed E-state index contributed by atoms with van der Waals surface area (Å²) in [5.41, 5.74) is 0. The number of nitrogens with one attached hydrogen (secondary N) is 1. The topological polar surface area (TPSA) is 78.9 Å². The lowest BCUT2D eigenvalue weighted by atomic mass is 10.1. The number of amides is 2. The van der Waals surface area contributed by atoms with Gasteiger partial charge >= 0.3 is 12.0 Å². The SMILES string of the molecule is CC(C)OCCCCNC(=O)N1CCCC1CC(=O)O. The molecule has 6 nitrogen and oxygen atoms in total. The van der Waals surface area contributed by atoms with Crippen LogP contribution in [0, 0.1) is 0 Å². The average molecular weight is 286 g/mol. The zero-order valence-electron chi connectivity index (χ0n) is 12.4. The van der Waals surface area contributed by atoms with Gasteiger partial charge in [-0.25, -0.2) is 4.79 Å². The monoisotopic (exact) mass is 286 g/mol. The number of likely N-dealkylation sites (tertiary alicyclic amines) is 1. The van der Waals surface area contributed by atoms with Gasteiger partial charge in [0.05, 0.1) is 12.5 Å². The fourth-order valence-corrected chi connectivity index (χ4v) is 2.36. The normalized spacial score (nSPS) is 18.6. The van der Waals surface area contributed by atoms with Crippen molar-refractivity contribution in [1.29, 1.82) is 0 Å². The van der Waals surface area contributed by atoms with Crippen LogP contribution in [0.15, 0.2) is 0 Å². The molecule has 1 unspecified atom stereocenters. The first kappa shape index (κ1) is 16.8. The standard InChI is InChI=1S/C14H26N2O4/c1-11(2)20-9-4-3-7-15-14(19)16-8-5-6-12(16)10-13(17)18/h11-12H,3-10H2,1-2H3,(H,15,19)(H,17,18). The number of rotatable bonds is 8. The molecule has 0 radical (unpaired) electrons. The van der Waals surface area contributed by atoms with Crippen molar-refractivity contribution in [3.63, 3.8) is 0 Å². The summed E-state index contributed by atoms with van der Waals surface area (Å²) in [6.45, 7) is 5.96. The van der Waals surface area contributed by atoms with Gasteiger partial charge in [-0.1, -0.05) is 0 Å². The van der Waals surface area contributed by atoms with Crippen LogP contribution < -0.4 is 5.32 Å². The number of hydrogen-bond donors (Lipinski definition) is 2. The molecule has 1 fully saturated rings. The second-order valence-electron chi connectivity index (χ2n) is 5.45. The zero-order chi connectivity index (χ0) is 15.0. The molecular weight excluding hydrogens is 260 g/mol. The van der Waals surface area contributed by atoms with E-state index in [0.717, 1.165) is 25.7 Å². The number of unbranched alkanes of at least 4 members (excludes halogenated alkanes) is 1. The Labute approximate surface area is 120 Å². The molecule has 6 heteroatoms. The molecule has 0 bridgehead atoms. The Hall–Kier alpha value is -1.30. The highest BCUT2D eigenvalue weighted by atomic mass is 16.5. The van der Waals surface area contributed by atoms with E-state index >= 15 is 0 Å². The predicted octanol–water partition coefficient (Wildman–Crippen LogP) is 1.84. The van der Waals surface area contributed by atoms with Crippen molar-refractivity contribution in [2.45, 2.75) is 58.1 Å². The second kappa shape index (κ2) is 8.79. The summed E-state index contributed by atoms with van der Waals surface area (Å²) < 4.78 is 5.42. The lowest BCUT2D eigenvalue weighted by molar-refractivity contribution is -0.137. The molecule has 0 aromatic rings. The van der Waals surface area contributed by atoms with Crippen LogP contribution in [0.5, 0.6) is 0 Å². The predicted molar refractivity (Wildman–Crippen MR) is 75.7 cm³/mol. The van der Waals surface area contributed by atoms with Gasteiger partial charge in [-0.2, -0.15) is 0 Å². The highest BCUT2D eigenvalue weighted by molar-refractivity contribution is 5.76. The van der Waals surface area contributed by atoms with Gasteiger partial charge < -0.3 is 20.1 Å². The average Bonchev–Trinajstić information content (AvgIpc) is 2.80. The van der Waals surface area contributed by atoms with Crippen LogP contribution in [0.25, 0.3) is 0 Å². The van der Waals surface area contributed by atoms with Crippen molar-refractivity contribution in [2.24, 2.45) is 0 Å². The number of hydrogen-bond acceptors (Lipinski definition) is 3. The fraction of sp³-hybridized carbons (Fsp3) is 0.857. The summed E-state index contributed by atoms with van der Waals surface area (Å²) in [4.78, 5) is 24.4. The number of ether oxygens (including phenoxy) is 1. The first-order valence-corrected chi connectivity index (χ1v) is 7.38. The van der Waals surface area contributed by atoms with Gasteiger partial charge in [-0.3, -0.25) is 4.79 Å². The molecule has 1 saturated heterocycles. The summed E-state index contributed by atoms with van der Waals surface area (Å²) in [6, 6.07) is -0.296. The summed E-state index contributed by atoms with van der Waals surface area (Å²) in [5, 5.41) is 11.7. The molecule has 0 spiro atoms. The maximum atomic E-state index is 12.0. The molecular formula is C14H26N2O4. The van der Waals surface area contributed by atoms with Gasteiger partial charge in [0.15, 0.2) is 0 Å². The number of carboxylic acid groups (broad SMARTS) is 1. The van der Waals surface area contributed by atoms with Crippen LogP contribution in [-0.4, -0.2) is 53.8 Å². The highest BCUT2D eigenvalue weighted by Crippen LogP contribution is 2.19. The Morgan fingerprint density at radius 3 is 2.80 bits per heavy atom. The van der Waals surface area contributed by atoms with Crippen molar-refractivity contribution in [3.8, 4) is 0 Å². The first-order valence-electron chi connectivity index (χ1n) is 7.38. The van der Waals surface area contributed by atoms with Crippen LogP contribution in [0.3, 0.4) is 0 Å². The maximum absolute atomic E-state index is 12.0. The smallest absolute Gasteiger partial charge is 0.317 e. The van der Waals surface area contributed by atoms with Gasteiger partial charge in [0.2, 0.25) is 0 Å². The van der Waals surface area contributed by atoms with E-state index in [0.29, 0.717) is 19.7 Å². The lowest BCUT2D eigenvalue weighted by Gasteiger charge is -2.23. The Kier molecular flexibility index (Phi) is 7.36. The number of nitrogens with zero attached hydrogens (tertiary/aromatic N) is 1. The van der Waals surface area contributed by atoms with E-state index in [2.05, 4.69) is 5.32 Å². The Bertz CT molecular complexity index is 320. The number of carboxylic acids is 1. The largest absolute Gasteiger partial charge is 0.481 e. The van der Waals surface area contributed by atoms with Gasteiger partial charge in [0, 0.05) is 25.7 Å². The van der Waals surface area contributed by atoms with E-state index in [1.54, 1.807) is 4.90 Å². The molecule has 0 aromatic heterocycles. The van der Waals surface area contributed by atoms with E-state index in [1.165, 1.54) is 0 Å². The van der Waals surface area contributed by atoms with E-state index in [4.69, 9.17) is 9.84 Å². The minimum absolute atomic E-state index is 0.0373. The summed E-state index contributed by atoms with van der Waals surface area (Å²) in [6.07, 6.45) is 3.73. The van der Waals surface area contributed by atoms with Crippen LogP contribution in [0.2, 0.25) is 0 Å². The number of carbonyl (C=O) groups excluding carboxylic acids is 1. The van der Waals surface area contributed by atoms with Crippen molar-refractivity contribution in [1.82, 2.24) is 10.2 Å². The van der Waals surface area contributed by atoms with Gasteiger partial charge in [-0.15, -0.1) is 0 Å². The zero-order valence-corrected chi connectivity index (χ0v) is 12.4. The third kappa shape index (κ3) is 6.23. The van der Waals surface area contributed by atoms with Crippen molar-refractivity contribution in [3.05, 3.63) is 0 Å². The quantitative estimate of drug-likeness (QED) is 0.667. The van der Waals surface area contributed by atoms with Crippen molar-refractivity contribution >= 4 is 12.0 Å². The minimum atomic E-state index is -0.847. The second-order valence-corrected chi connectivity index (χ2v) is 5.45. The van der Waals surface area contributed by atoms with Gasteiger partial charge in [-0.05, 0) is 39.5 Å². The first-order chi connectivity index (χ1) is 9.50. The molecule has 20 heavy (non-hydrogen) atoms. The molecule has 2 amide bonds. The summed E-state index contributed by atoms with van der Waals surface area (Å²) in [5.74, 6) is -0.847. The third-order valence-electron chi connectivity index (χ3n) is 3.35. The van der Waals surface area contributed by atoms with Crippen molar-refractivity contribution in [2.75, 3.05) is 19.7 Å². The Balaban J connectivity index is 2.16. The molecule has 1 rings (SSSR count). The minimum Gasteiger partial charge on any atom is -0.481 e. The number of aliphatic carboxylic acids is 1. The molecule has 1 aliphatic rings. The van der Waals surface area contributed by atoms with Gasteiger partial charge in [0.25, 0.3) is 0 Å². The maximum Gasteiger partial charge on any atom is 0.317 e. The molecule has 0 saturated carbocycles. The van der Waals surface area contributed by atoms with Gasteiger partial charge in [0.1, 0.15) is 0 Å². The van der Waals surface area contributed by atoms with Crippen LogP contribution in [0.1, 0.15) is 46.0 Å². The van der Waals surface area contributed by atoms with Crippen molar-refractivity contribution < 1.29 is 19.4 Å². The third-order valence-corrected chi connectivity index (χ3v) is 3.35. The Morgan fingerprint density at radius 2 is 2.15 bits per heavy atom. The van der Waals surface area contributed by atoms with E-state index < -0.39 is 5.97 Å². The lowest BCUT2D eigenvalue weighted by Crippen LogP contribution is -2.43. The number of urea groups is 1. The number of carbonyl (C=O) groups is 2. The Morgan fingerprint density at radius 1 is 1.40 bits per heavy atom. The van der Waals surface area contributed by atoms with Crippen LogP contribution >= 0.6 is 0 Å². The summed E-state index contributed by atoms with van der Waals surface area (Å²) in [7, 11) is 0.